The Morgan fingerprint density at radius 1 is 1.50 bits per heavy atom. The maximum absolute atomic E-state index is 11.4. The first-order valence-electron chi connectivity index (χ1n) is 5.74. The van der Waals surface area contributed by atoms with E-state index in [9.17, 15) is 13.5 Å². The van der Waals surface area contributed by atoms with Gasteiger partial charge in [-0.1, -0.05) is 13.8 Å². The fourth-order valence-electron chi connectivity index (χ4n) is 1.75. The third-order valence-electron chi connectivity index (χ3n) is 3.62. The van der Waals surface area contributed by atoms with E-state index in [4.69, 9.17) is 0 Å². The average Bonchev–Trinajstić information content (AvgIpc) is 2.38. The highest BCUT2D eigenvalue weighted by Crippen LogP contribution is 2.24. The van der Waals surface area contributed by atoms with Crippen molar-refractivity contribution in [3.63, 3.8) is 0 Å². The SMILES string of the molecule is CC(C)C(C)(O)CNC1(C)CCS(=O)(=O)C1. The summed E-state index contributed by atoms with van der Waals surface area (Å²) >= 11 is 0. The smallest absolute Gasteiger partial charge is 0.152 e. The molecule has 4 nitrogen and oxygen atoms in total. The molecule has 5 heteroatoms. The summed E-state index contributed by atoms with van der Waals surface area (Å²) in [7, 11) is -2.89. The van der Waals surface area contributed by atoms with E-state index in [1.54, 1.807) is 6.92 Å². The molecule has 0 aromatic heterocycles. The van der Waals surface area contributed by atoms with E-state index in [0.29, 0.717) is 13.0 Å². The van der Waals surface area contributed by atoms with Crippen LogP contribution < -0.4 is 5.32 Å². The summed E-state index contributed by atoms with van der Waals surface area (Å²) < 4.78 is 22.8. The highest BCUT2D eigenvalue weighted by molar-refractivity contribution is 7.91. The lowest BCUT2D eigenvalue weighted by Crippen LogP contribution is -2.52. The van der Waals surface area contributed by atoms with E-state index in [2.05, 4.69) is 5.32 Å². The Morgan fingerprint density at radius 2 is 2.06 bits per heavy atom. The molecule has 0 bridgehead atoms. The molecule has 16 heavy (non-hydrogen) atoms. The Bertz CT molecular complexity index is 348. The molecule has 2 atom stereocenters. The van der Waals surface area contributed by atoms with Crippen LogP contribution in [0.3, 0.4) is 0 Å². The number of hydrogen-bond acceptors (Lipinski definition) is 4. The number of β-amino-alcohol motifs (C(OH)–C–C–N with tert-alkyl or cyclic N) is 1. The molecular weight excluding hydrogens is 226 g/mol. The van der Waals surface area contributed by atoms with Gasteiger partial charge in [0.15, 0.2) is 9.84 Å². The van der Waals surface area contributed by atoms with Crippen molar-refractivity contribution in [1.29, 1.82) is 0 Å². The van der Waals surface area contributed by atoms with Crippen LogP contribution in [-0.2, 0) is 9.84 Å². The molecule has 1 saturated heterocycles. The van der Waals surface area contributed by atoms with E-state index in [-0.39, 0.29) is 23.0 Å². The fraction of sp³-hybridized carbons (Fsp3) is 1.00. The maximum Gasteiger partial charge on any atom is 0.152 e. The third kappa shape index (κ3) is 3.43. The predicted octanol–water partition coefficient (Wildman–Crippen LogP) is 0.560. The van der Waals surface area contributed by atoms with Gasteiger partial charge in [-0.3, -0.25) is 0 Å². The summed E-state index contributed by atoms with van der Waals surface area (Å²) in [5.41, 5.74) is -1.17. The van der Waals surface area contributed by atoms with Gasteiger partial charge >= 0.3 is 0 Å². The van der Waals surface area contributed by atoms with Crippen molar-refractivity contribution in [3.05, 3.63) is 0 Å². The van der Waals surface area contributed by atoms with Gasteiger partial charge in [-0.25, -0.2) is 8.42 Å². The third-order valence-corrected chi connectivity index (χ3v) is 5.52. The molecule has 0 aliphatic carbocycles. The first-order valence-corrected chi connectivity index (χ1v) is 7.56. The second-order valence-corrected chi connectivity index (χ2v) is 7.95. The van der Waals surface area contributed by atoms with Crippen molar-refractivity contribution in [1.82, 2.24) is 5.32 Å². The monoisotopic (exact) mass is 249 g/mol. The van der Waals surface area contributed by atoms with Gasteiger partial charge in [0.25, 0.3) is 0 Å². The Balaban J connectivity index is 2.57. The van der Waals surface area contributed by atoms with E-state index < -0.39 is 15.4 Å². The van der Waals surface area contributed by atoms with Gasteiger partial charge in [0.1, 0.15) is 0 Å². The molecule has 0 amide bonds. The minimum atomic E-state index is -2.89. The Hall–Kier alpha value is -0.130. The zero-order valence-corrected chi connectivity index (χ0v) is 11.4. The Labute approximate surface area is 98.4 Å². The van der Waals surface area contributed by atoms with E-state index in [1.165, 1.54) is 0 Å². The second kappa shape index (κ2) is 4.27. The van der Waals surface area contributed by atoms with Crippen LogP contribution in [0, 0.1) is 5.92 Å². The van der Waals surface area contributed by atoms with Crippen LogP contribution >= 0.6 is 0 Å². The zero-order chi connectivity index (χ0) is 12.6. The molecule has 1 aliphatic heterocycles. The molecule has 96 valence electrons. The van der Waals surface area contributed by atoms with Crippen LogP contribution in [0.4, 0.5) is 0 Å². The zero-order valence-electron chi connectivity index (χ0n) is 10.6. The minimum Gasteiger partial charge on any atom is -0.389 e. The number of hydrogen-bond donors (Lipinski definition) is 2. The standard InChI is InChI=1S/C11H23NO3S/c1-9(2)11(4,13)7-12-10(3)5-6-16(14,15)8-10/h9,12-13H,5-8H2,1-4H3. The Kier molecular flexibility index (Phi) is 3.72. The Morgan fingerprint density at radius 3 is 2.44 bits per heavy atom. The maximum atomic E-state index is 11.4. The number of nitrogens with one attached hydrogen (secondary N) is 1. The number of sulfone groups is 1. The molecule has 0 aromatic rings. The molecule has 0 spiro atoms. The molecule has 0 aromatic carbocycles. The quantitative estimate of drug-likeness (QED) is 0.764. The molecule has 0 saturated carbocycles. The summed E-state index contributed by atoms with van der Waals surface area (Å²) in [6, 6.07) is 0. The van der Waals surface area contributed by atoms with Gasteiger partial charge in [0.2, 0.25) is 0 Å². The van der Waals surface area contributed by atoms with Gasteiger partial charge in [-0.2, -0.15) is 0 Å². The molecule has 2 N–H and O–H groups in total. The molecule has 1 aliphatic rings. The number of rotatable bonds is 4. The molecule has 1 heterocycles. The van der Waals surface area contributed by atoms with Crippen molar-refractivity contribution in [3.8, 4) is 0 Å². The summed E-state index contributed by atoms with van der Waals surface area (Å²) in [6.07, 6.45) is 0.628. The highest BCUT2D eigenvalue weighted by atomic mass is 32.2. The lowest BCUT2D eigenvalue weighted by atomic mass is 9.91. The lowest BCUT2D eigenvalue weighted by Gasteiger charge is -2.33. The lowest BCUT2D eigenvalue weighted by molar-refractivity contribution is 0.00858. The van der Waals surface area contributed by atoms with Crippen LogP contribution in [0.1, 0.15) is 34.1 Å². The highest BCUT2D eigenvalue weighted by Gasteiger charge is 2.39. The van der Waals surface area contributed by atoms with Crippen molar-refractivity contribution in [2.45, 2.75) is 45.3 Å². The minimum absolute atomic E-state index is 0.140. The van der Waals surface area contributed by atoms with E-state index in [0.717, 1.165) is 0 Å². The average molecular weight is 249 g/mol. The summed E-state index contributed by atoms with van der Waals surface area (Å²) in [5.74, 6) is 0.565. The molecule has 0 radical (unpaired) electrons. The van der Waals surface area contributed by atoms with Crippen LogP contribution in [0.25, 0.3) is 0 Å². The predicted molar refractivity (Wildman–Crippen MR) is 65.1 cm³/mol. The topological polar surface area (TPSA) is 66.4 Å². The molecular formula is C11H23NO3S. The summed E-state index contributed by atoms with van der Waals surface area (Å²) in [4.78, 5) is 0. The summed E-state index contributed by atoms with van der Waals surface area (Å²) in [6.45, 7) is 8.02. The number of aliphatic hydroxyl groups is 1. The van der Waals surface area contributed by atoms with Gasteiger partial charge in [-0.15, -0.1) is 0 Å². The fourth-order valence-corrected chi connectivity index (χ4v) is 3.87. The first kappa shape index (κ1) is 13.9. The molecule has 1 rings (SSSR count). The van der Waals surface area contributed by atoms with E-state index in [1.807, 2.05) is 20.8 Å². The summed E-state index contributed by atoms with van der Waals surface area (Å²) in [5, 5.41) is 13.3. The largest absolute Gasteiger partial charge is 0.389 e. The molecule has 2 unspecified atom stereocenters. The van der Waals surface area contributed by atoms with Gasteiger partial charge in [0, 0.05) is 12.1 Å². The first-order chi connectivity index (χ1) is 7.06. The van der Waals surface area contributed by atoms with Crippen molar-refractivity contribution < 1.29 is 13.5 Å². The van der Waals surface area contributed by atoms with Gasteiger partial charge < -0.3 is 10.4 Å². The van der Waals surface area contributed by atoms with Crippen LogP contribution in [0.15, 0.2) is 0 Å². The van der Waals surface area contributed by atoms with Crippen LogP contribution in [0.2, 0.25) is 0 Å². The van der Waals surface area contributed by atoms with Crippen LogP contribution in [-0.4, -0.2) is 42.7 Å². The van der Waals surface area contributed by atoms with E-state index >= 15 is 0 Å². The van der Waals surface area contributed by atoms with Gasteiger partial charge in [-0.05, 0) is 26.2 Å². The van der Waals surface area contributed by atoms with Crippen molar-refractivity contribution in [2.24, 2.45) is 5.92 Å². The van der Waals surface area contributed by atoms with Crippen molar-refractivity contribution >= 4 is 9.84 Å². The second-order valence-electron chi connectivity index (χ2n) is 5.77. The van der Waals surface area contributed by atoms with Crippen molar-refractivity contribution in [2.75, 3.05) is 18.1 Å². The normalized spacial score (nSPS) is 32.9. The molecule has 1 fully saturated rings. The van der Waals surface area contributed by atoms with Gasteiger partial charge in [0.05, 0.1) is 17.1 Å². The van der Waals surface area contributed by atoms with Crippen LogP contribution in [0.5, 0.6) is 0 Å².